The van der Waals surface area contributed by atoms with Crippen LogP contribution in [0.5, 0.6) is 5.75 Å². The number of carbonyl (C=O) groups excluding carboxylic acids is 2. The van der Waals surface area contributed by atoms with Crippen LogP contribution in [0, 0.1) is 22.7 Å². The molecule has 3 fully saturated rings. The Hall–Kier alpha value is -4.30. The van der Waals surface area contributed by atoms with Gasteiger partial charge in [-0.3, -0.25) is 9.59 Å². The molecule has 6 aliphatic rings. The second kappa shape index (κ2) is 14.3. The molecule has 0 unspecified atom stereocenters. The number of allylic oxidation sites excluding steroid dienone is 6. The highest BCUT2D eigenvalue weighted by Crippen LogP contribution is 2.63. The Bertz CT molecular complexity index is 2000. The molecule has 292 valence electrons. The summed E-state index contributed by atoms with van der Waals surface area (Å²) in [5.74, 6) is -3.01. The zero-order valence-corrected chi connectivity index (χ0v) is 30.7. The Balaban J connectivity index is 1.10. The lowest BCUT2D eigenvalue weighted by molar-refractivity contribution is -0.319. The highest BCUT2D eigenvalue weighted by atomic mass is 16.7. The molecule has 2 aromatic rings. The number of hydrogen-bond acceptors (Lipinski definition) is 12. The third-order valence-corrected chi connectivity index (χ3v) is 13.2. The van der Waals surface area contributed by atoms with Crippen LogP contribution in [0.15, 0.2) is 89.5 Å². The highest BCUT2D eigenvalue weighted by Gasteiger charge is 2.62. The number of rotatable bonds is 9. The van der Waals surface area contributed by atoms with Crippen molar-refractivity contribution in [3.05, 3.63) is 112 Å². The SMILES string of the molecule is NC1=CC([C@]2(C[C@]3(O)[C@H](O)[C@@H](CO)O[C@@H](Oc4cccc5c4C(=O)[C@@H]4C(O)=CC(Cc6cccc(CO)c6)=C[C@@H]4C5=O)[C@@H]3O)CCC3(CCCC3)C2)=CCN1. The van der Waals surface area contributed by atoms with E-state index >= 15 is 0 Å². The predicted octanol–water partition coefficient (Wildman–Crippen LogP) is 3.41. The van der Waals surface area contributed by atoms with E-state index in [2.05, 4.69) is 5.32 Å². The first kappa shape index (κ1) is 37.6. The fraction of sp³-hybridized carbons (Fsp3) is 0.488. The highest BCUT2D eigenvalue weighted by molar-refractivity contribution is 6.19. The first-order chi connectivity index (χ1) is 26.4. The third-order valence-electron chi connectivity index (χ3n) is 13.2. The summed E-state index contributed by atoms with van der Waals surface area (Å²) in [6.07, 6.45) is 7.58. The van der Waals surface area contributed by atoms with E-state index in [-0.39, 0.29) is 41.1 Å². The molecular weight excluding hydrogens is 704 g/mol. The Morgan fingerprint density at radius 1 is 0.945 bits per heavy atom. The summed E-state index contributed by atoms with van der Waals surface area (Å²) in [6.45, 7) is -0.322. The van der Waals surface area contributed by atoms with E-state index in [9.17, 15) is 40.2 Å². The fourth-order valence-electron chi connectivity index (χ4n) is 10.5. The van der Waals surface area contributed by atoms with Gasteiger partial charge in [-0.1, -0.05) is 61.4 Å². The van der Waals surface area contributed by atoms with Crippen molar-refractivity contribution in [2.45, 2.75) is 94.6 Å². The fourth-order valence-corrected chi connectivity index (χ4v) is 10.5. The molecule has 1 saturated heterocycles. The summed E-state index contributed by atoms with van der Waals surface area (Å²) in [5.41, 5.74) is 6.58. The monoisotopic (exact) mass is 754 g/mol. The van der Waals surface area contributed by atoms with Crippen molar-refractivity contribution in [3.63, 3.8) is 0 Å². The number of nitrogens with two attached hydrogens (primary N) is 1. The molecule has 12 nitrogen and oxygen atoms in total. The second-order valence-corrected chi connectivity index (χ2v) is 16.6. The lowest BCUT2D eigenvalue weighted by atomic mass is 9.64. The molecule has 0 bridgehead atoms. The number of benzene rings is 2. The molecule has 8 atom stereocenters. The second-order valence-electron chi connectivity index (χ2n) is 16.6. The lowest BCUT2D eigenvalue weighted by Crippen LogP contribution is -2.69. The minimum Gasteiger partial charge on any atom is -0.511 e. The van der Waals surface area contributed by atoms with Gasteiger partial charge in [-0.25, -0.2) is 0 Å². The van der Waals surface area contributed by atoms with Crippen molar-refractivity contribution in [2.24, 2.45) is 28.4 Å². The van der Waals surface area contributed by atoms with Gasteiger partial charge in [-0.2, -0.15) is 0 Å². The summed E-state index contributed by atoms with van der Waals surface area (Å²) in [4.78, 5) is 28.3. The van der Waals surface area contributed by atoms with Gasteiger partial charge in [0.25, 0.3) is 0 Å². The molecule has 2 aliphatic heterocycles. The van der Waals surface area contributed by atoms with Gasteiger partial charge in [0.1, 0.15) is 35.4 Å². The van der Waals surface area contributed by atoms with Gasteiger partial charge in [0.15, 0.2) is 11.6 Å². The molecule has 55 heavy (non-hydrogen) atoms. The number of carbonyl (C=O) groups is 2. The maximum atomic E-state index is 14.2. The summed E-state index contributed by atoms with van der Waals surface area (Å²) in [5, 5.41) is 70.5. The quantitative estimate of drug-likeness (QED) is 0.185. The van der Waals surface area contributed by atoms with Crippen molar-refractivity contribution in [2.75, 3.05) is 13.2 Å². The molecular formula is C43H50N2O10. The molecule has 0 radical (unpaired) electrons. The third kappa shape index (κ3) is 6.52. The lowest BCUT2D eigenvalue weighted by Gasteiger charge is -2.51. The molecule has 0 amide bonds. The van der Waals surface area contributed by atoms with Crippen molar-refractivity contribution in [1.82, 2.24) is 5.32 Å². The first-order valence-corrected chi connectivity index (χ1v) is 19.3. The number of ketones is 2. The summed E-state index contributed by atoms with van der Waals surface area (Å²) >= 11 is 0. The Labute approximate surface area is 319 Å². The van der Waals surface area contributed by atoms with Crippen LogP contribution < -0.4 is 15.8 Å². The van der Waals surface area contributed by atoms with E-state index in [1.165, 1.54) is 24.3 Å². The number of aliphatic hydroxyl groups excluding tert-OH is 5. The molecule has 2 aromatic carbocycles. The van der Waals surface area contributed by atoms with Crippen LogP contribution >= 0.6 is 0 Å². The summed E-state index contributed by atoms with van der Waals surface area (Å²) < 4.78 is 12.1. The average molecular weight is 755 g/mol. The number of aliphatic hydroxyl groups is 6. The van der Waals surface area contributed by atoms with Crippen molar-refractivity contribution < 1.29 is 49.7 Å². The zero-order valence-electron chi connectivity index (χ0n) is 30.7. The number of nitrogens with one attached hydrogen (secondary N) is 1. The van der Waals surface area contributed by atoms with Crippen LogP contribution in [0.1, 0.15) is 83.2 Å². The molecule has 2 heterocycles. The maximum absolute atomic E-state index is 14.2. The molecule has 8 rings (SSSR count). The van der Waals surface area contributed by atoms with Gasteiger partial charge in [-0.05, 0) is 96.3 Å². The van der Waals surface area contributed by atoms with Gasteiger partial charge in [0, 0.05) is 12.1 Å². The molecule has 2 saturated carbocycles. The first-order valence-electron chi connectivity index (χ1n) is 19.3. The number of fused-ring (bicyclic) bond motifs is 2. The average Bonchev–Trinajstić information content (AvgIpc) is 3.80. The minimum atomic E-state index is -2.23. The van der Waals surface area contributed by atoms with Crippen LogP contribution in [0.3, 0.4) is 0 Å². The van der Waals surface area contributed by atoms with Gasteiger partial charge in [0.05, 0.1) is 36.4 Å². The number of dihydropyridines is 1. The normalized spacial score (nSPS) is 33.9. The van der Waals surface area contributed by atoms with Crippen molar-refractivity contribution in [1.29, 1.82) is 0 Å². The van der Waals surface area contributed by atoms with Gasteiger partial charge < -0.3 is 51.2 Å². The largest absolute Gasteiger partial charge is 0.511 e. The van der Waals surface area contributed by atoms with Gasteiger partial charge in [0.2, 0.25) is 6.29 Å². The van der Waals surface area contributed by atoms with Crippen LogP contribution in [0.25, 0.3) is 0 Å². The van der Waals surface area contributed by atoms with Gasteiger partial charge in [-0.15, -0.1) is 0 Å². The number of hydrogen-bond donors (Lipinski definition) is 8. The van der Waals surface area contributed by atoms with Crippen LogP contribution in [-0.2, 0) is 17.8 Å². The summed E-state index contributed by atoms with van der Waals surface area (Å²) in [6, 6.07) is 11.8. The van der Waals surface area contributed by atoms with E-state index in [0.717, 1.165) is 55.2 Å². The predicted molar refractivity (Wildman–Crippen MR) is 200 cm³/mol. The van der Waals surface area contributed by atoms with Crippen LogP contribution in [0.4, 0.5) is 0 Å². The maximum Gasteiger partial charge on any atom is 0.229 e. The number of Topliss-reactive ketones (excluding diaryl/α,β-unsaturated/α-hetero) is 2. The van der Waals surface area contributed by atoms with E-state index in [1.807, 2.05) is 30.4 Å². The number of ether oxygens (including phenoxy) is 2. The molecule has 0 aromatic heterocycles. The van der Waals surface area contributed by atoms with E-state index in [1.54, 1.807) is 12.1 Å². The summed E-state index contributed by atoms with van der Waals surface area (Å²) in [7, 11) is 0. The molecule has 1 spiro atoms. The Morgan fingerprint density at radius 3 is 2.45 bits per heavy atom. The zero-order chi connectivity index (χ0) is 38.7. The minimum absolute atomic E-state index is 0.0644. The molecule has 9 N–H and O–H groups in total. The molecule has 12 heteroatoms. The Morgan fingerprint density at radius 2 is 1.71 bits per heavy atom. The topological polar surface area (TPSA) is 212 Å². The van der Waals surface area contributed by atoms with Crippen molar-refractivity contribution >= 4 is 11.6 Å². The van der Waals surface area contributed by atoms with E-state index in [0.29, 0.717) is 30.8 Å². The van der Waals surface area contributed by atoms with Gasteiger partial charge >= 0.3 is 0 Å². The smallest absolute Gasteiger partial charge is 0.229 e. The van der Waals surface area contributed by atoms with Crippen LogP contribution in [0.2, 0.25) is 0 Å². The Kier molecular flexibility index (Phi) is 9.80. The molecule has 4 aliphatic carbocycles. The van der Waals surface area contributed by atoms with E-state index in [4.69, 9.17) is 15.2 Å². The van der Waals surface area contributed by atoms with Crippen molar-refractivity contribution in [3.8, 4) is 5.75 Å². The van der Waals surface area contributed by atoms with E-state index < -0.39 is 65.6 Å². The van der Waals surface area contributed by atoms with Crippen LogP contribution in [-0.4, -0.2) is 85.6 Å². The standard InChI is InChI=1S/C43H50N2O10/c44-33-19-27(9-14-45-33)42(13-12-41(22-42)10-1-2-11-41)23-43(53)38(51)32(21-47)55-40(39(43)52)54-31-8-4-7-28-35(31)37(50)34-29(36(28)49)17-26(18-30(34)48)16-24-5-3-6-25(15-24)20-46/h3-9,15,17-19,29,32,34,38-40,45-48,51-53H,1-2,10-14,16,20-23,44H2/t29-,32+,34-,38+,39-,40+,42+,43-/m0/s1.